The van der Waals surface area contributed by atoms with Gasteiger partial charge in [-0.1, -0.05) is 79.1 Å². The zero-order valence-electron chi connectivity index (χ0n) is 14.6. The Balaban J connectivity index is -0.0000000533. The van der Waals surface area contributed by atoms with Crippen molar-refractivity contribution in [3.8, 4) is 0 Å². The molecule has 0 saturated carbocycles. The zero-order chi connectivity index (χ0) is 16.5. The van der Waals surface area contributed by atoms with Crippen molar-refractivity contribution in [3.05, 3.63) is 7.43 Å². The maximum atomic E-state index is 9.53. The number of unbranched alkanes of at least 4 members (excludes halogenated alkanes) is 4. The molecule has 0 unspecified atom stereocenters. The van der Waals surface area contributed by atoms with Crippen molar-refractivity contribution in [2.45, 2.75) is 79.1 Å². The molecule has 0 aromatic heterocycles. The molecule has 0 heterocycles. The molecule has 0 atom stereocenters. The minimum absolute atomic E-state index is 0. The van der Waals surface area contributed by atoms with E-state index in [9.17, 15) is 20.4 Å². The molecule has 0 radical (unpaired) electrons. The van der Waals surface area contributed by atoms with E-state index in [2.05, 4.69) is 0 Å². The first-order chi connectivity index (χ1) is 9.66. The predicted octanol–water partition coefficient (Wildman–Crippen LogP) is 0.668. The summed E-state index contributed by atoms with van der Waals surface area (Å²) in [5, 5.41) is 38.1. The molecule has 0 aliphatic rings. The Morgan fingerprint density at radius 3 is 0.571 bits per heavy atom. The Kier molecular flexibility index (Phi) is 78.2. The summed E-state index contributed by atoms with van der Waals surface area (Å²) in [4.78, 5) is 0. The van der Waals surface area contributed by atoms with Gasteiger partial charge in [0.05, 0.1) is 0 Å². The Hall–Kier alpha value is -0.160. The van der Waals surface area contributed by atoms with E-state index in [0.717, 1.165) is 51.4 Å². The smallest absolute Gasteiger partial charge is 0.854 e. The van der Waals surface area contributed by atoms with Crippen LogP contribution in [0, 0.1) is 7.43 Å². The molecule has 128 valence electrons. The van der Waals surface area contributed by atoms with Crippen LogP contribution in [-0.2, 0) is 0 Å². The van der Waals surface area contributed by atoms with Crippen LogP contribution in [0.4, 0.5) is 0 Å². The molecule has 0 amide bonds. The topological polar surface area (TPSA) is 92.2 Å². The van der Waals surface area contributed by atoms with Gasteiger partial charge in [0, 0.05) is 0 Å². The molecule has 4 heteroatoms. The quantitative estimate of drug-likeness (QED) is 0.659. The van der Waals surface area contributed by atoms with Crippen LogP contribution in [-0.4, -0.2) is 26.4 Å². The zero-order valence-corrected chi connectivity index (χ0v) is 14.6. The van der Waals surface area contributed by atoms with Gasteiger partial charge in [0.1, 0.15) is 0 Å². The summed E-state index contributed by atoms with van der Waals surface area (Å²) < 4.78 is 0. The van der Waals surface area contributed by atoms with Gasteiger partial charge in [-0.15, -0.1) is 26.4 Å². The van der Waals surface area contributed by atoms with E-state index in [1.165, 1.54) is 0 Å². The first-order valence-corrected chi connectivity index (χ1v) is 7.98. The fraction of sp³-hybridized carbons (Fsp3) is 0.941. The number of rotatable bonds is 8. The average molecular weight is 304 g/mol. The third-order valence-corrected chi connectivity index (χ3v) is 1.99. The van der Waals surface area contributed by atoms with Crippen molar-refractivity contribution < 1.29 is 20.4 Å². The monoisotopic (exact) mass is 304 g/mol. The summed E-state index contributed by atoms with van der Waals surface area (Å²) >= 11 is 0. The minimum Gasteiger partial charge on any atom is -0.854 e. The van der Waals surface area contributed by atoms with E-state index in [4.69, 9.17) is 0 Å². The third-order valence-electron chi connectivity index (χ3n) is 1.99. The molecule has 0 spiro atoms. The van der Waals surface area contributed by atoms with Crippen LogP contribution in [0.15, 0.2) is 0 Å². The number of hydrogen-bond acceptors (Lipinski definition) is 4. The van der Waals surface area contributed by atoms with Crippen LogP contribution < -0.4 is 20.4 Å². The van der Waals surface area contributed by atoms with Crippen LogP contribution in [0.25, 0.3) is 0 Å². The molecular weight excluding hydrogens is 268 g/mol. The van der Waals surface area contributed by atoms with E-state index < -0.39 is 0 Å². The van der Waals surface area contributed by atoms with Gasteiger partial charge in [-0.2, -0.15) is 0 Å². The third kappa shape index (κ3) is 103. The van der Waals surface area contributed by atoms with Gasteiger partial charge < -0.3 is 20.4 Å². The van der Waals surface area contributed by atoms with Crippen molar-refractivity contribution >= 4 is 0 Å². The fourth-order valence-corrected chi connectivity index (χ4v) is 0.577. The van der Waals surface area contributed by atoms with Crippen molar-refractivity contribution in [1.29, 1.82) is 0 Å². The SMILES string of the molecule is CCCC[O-].CCCC[O-].CCCC[O-].CCCC[O-].[C+4]. The molecular formula is C17H36O4. The molecule has 0 rings (SSSR count). The minimum atomic E-state index is 0. The molecule has 0 aliphatic carbocycles. The summed E-state index contributed by atoms with van der Waals surface area (Å²) in [6, 6.07) is 0. The second kappa shape index (κ2) is 50.2. The van der Waals surface area contributed by atoms with E-state index in [1.807, 2.05) is 27.7 Å². The molecule has 0 saturated heterocycles. The van der Waals surface area contributed by atoms with Crippen molar-refractivity contribution in [3.63, 3.8) is 0 Å². The van der Waals surface area contributed by atoms with Crippen molar-refractivity contribution in [2.75, 3.05) is 26.4 Å². The first kappa shape index (κ1) is 32.7. The first-order valence-electron chi connectivity index (χ1n) is 7.98. The van der Waals surface area contributed by atoms with Crippen LogP contribution in [0.2, 0.25) is 0 Å². The molecule has 4 nitrogen and oxygen atoms in total. The van der Waals surface area contributed by atoms with Gasteiger partial charge in [-0.3, -0.25) is 0 Å². The van der Waals surface area contributed by atoms with E-state index in [1.54, 1.807) is 0 Å². The van der Waals surface area contributed by atoms with Crippen LogP contribution in [0.3, 0.4) is 0 Å². The van der Waals surface area contributed by atoms with Gasteiger partial charge in [0.25, 0.3) is 0 Å². The molecule has 0 bridgehead atoms. The normalized spacial score (nSPS) is 8.00. The molecule has 0 aliphatic heterocycles. The van der Waals surface area contributed by atoms with Crippen LogP contribution in [0.1, 0.15) is 79.1 Å². The maximum Gasteiger partial charge on any atom is 4.00 e. The van der Waals surface area contributed by atoms with Gasteiger partial charge >= 0.3 is 7.43 Å². The molecule has 21 heavy (non-hydrogen) atoms. The Labute approximate surface area is 134 Å². The summed E-state index contributed by atoms with van der Waals surface area (Å²) in [5.41, 5.74) is 0. The second-order valence-electron chi connectivity index (χ2n) is 4.23. The average Bonchev–Trinajstić information content (AvgIpc) is 2.44. The molecule has 0 aromatic carbocycles. The van der Waals surface area contributed by atoms with E-state index in [-0.39, 0.29) is 33.9 Å². The largest absolute Gasteiger partial charge is 4.00 e. The predicted molar refractivity (Wildman–Crippen MR) is 82.3 cm³/mol. The summed E-state index contributed by atoms with van der Waals surface area (Å²) in [7, 11) is 0. The second-order valence-corrected chi connectivity index (χ2v) is 4.23. The summed E-state index contributed by atoms with van der Waals surface area (Å²) in [6.07, 6.45) is 7.46. The van der Waals surface area contributed by atoms with Crippen molar-refractivity contribution in [1.82, 2.24) is 0 Å². The number of hydrogen-bond donors (Lipinski definition) is 0. The molecule has 0 aromatic rings. The Morgan fingerprint density at radius 1 is 0.429 bits per heavy atom. The van der Waals surface area contributed by atoms with Gasteiger partial charge in [0.15, 0.2) is 0 Å². The standard InChI is InChI=1S/4C4H9O.C/c4*1-2-3-4-5;/h4*2-4H2,1H3;/q4*-1;+4. The van der Waals surface area contributed by atoms with E-state index in [0.29, 0.717) is 0 Å². The Morgan fingerprint density at radius 2 is 0.571 bits per heavy atom. The van der Waals surface area contributed by atoms with Gasteiger partial charge in [-0.25, -0.2) is 0 Å². The van der Waals surface area contributed by atoms with Gasteiger partial charge in [0.2, 0.25) is 0 Å². The van der Waals surface area contributed by atoms with Crippen LogP contribution in [0.5, 0.6) is 0 Å². The fourth-order valence-electron chi connectivity index (χ4n) is 0.577. The Bertz CT molecular complexity index is 68.8. The summed E-state index contributed by atoms with van der Waals surface area (Å²) in [5.74, 6) is 0. The van der Waals surface area contributed by atoms with Crippen molar-refractivity contribution in [2.24, 2.45) is 0 Å². The van der Waals surface area contributed by atoms with Crippen LogP contribution >= 0.6 is 0 Å². The molecule has 0 fully saturated rings. The maximum absolute atomic E-state index is 9.53. The molecule has 0 N–H and O–H groups in total. The van der Waals surface area contributed by atoms with Gasteiger partial charge in [-0.05, 0) is 0 Å². The van der Waals surface area contributed by atoms with E-state index >= 15 is 0 Å². The summed E-state index contributed by atoms with van der Waals surface area (Å²) in [6.45, 7) is 8.42.